The van der Waals surface area contributed by atoms with Crippen LogP contribution in [0.1, 0.15) is 33.1 Å². The highest BCUT2D eigenvalue weighted by molar-refractivity contribution is 9.10. The number of nitrogens with one attached hydrogen (secondary N) is 2. The van der Waals surface area contributed by atoms with E-state index in [1.165, 1.54) is 7.11 Å². The van der Waals surface area contributed by atoms with Gasteiger partial charge in [0, 0.05) is 10.0 Å². The van der Waals surface area contributed by atoms with E-state index in [-0.39, 0.29) is 28.8 Å². The Morgan fingerprint density at radius 3 is 2.75 bits per heavy atom. The number of carbonyl (C=O) groups excluding carboxylic acids is 1. The van der Waals surface area contributed by atoms with Crippen molar-refractivity contribution in [2.75, 3.05) is 23.9 Å². The van der Waals surface area contributed by atoms with Crippen molar-refractivity contribution < 1.29 is 9.53 Å². The molecule has 3 rings (SSSR count). The van der Waals surface area contributed by atoms with Crippen LogP contribution in [-0.4, -0.2) is 24.0 Å². The van der Waals surface area contributed by atoms with E-state index in [9.17, 15) is 10.1 Å². The molecule has 2 aromatic rings. The topological polar surface area (TPSA) is 175 Å². The van der Waals surface area contributed by atoms with Crippen molar-refractivity contribution in [2.45, 2.75) is 6.04 Å². The summed E-state index contributed by atoms with van der Waals surface area (Å²) < 4.78 is 5.23. The van der Waals surface area contributed by atoms with Crippen molar-refractivity contribution in [1.82, 2.24) is 10.3 Å². The van der Waals surface area contributed by atoms with Crippen LogP contribution in [0.15, 0.2) is 27.7 Å². The SMILES string of the molecule is COC(=O)c1ccc(C2N=C(NC#N)Nc3nc(N)c(C#N)c(N)c32)cc1Br. The highest BCUT2D eigenvalue weighted by atomic mass is 79.9. The summed E-state index contributed by atoms with van der Waals surface area (Å²) in [4.78, 5) is 20.4. The molecule has 11 heteroatoms. The summed E-state index contributed by atoms with van der Waals surface area (Å²) in [7, 11) is 1.29. The molecule has 1 aliphatic heterocycles. The standard InChI is InChI=1S/C17H13BrN8O2/c1-28-16(27)8-3-2-7(4-10(8)18)13-11-12(21)9(5-19)14(22)25-15(11)26-17(24-13)23-6-20/h2-4,13H,1H3,(H6,21,22,23,24,25,26). The number of hydrogen-bond donors (Lipinski definition) is 4. The molecule has 2 heterocycles. The first-order valence-electron chi connectivity index (χ1n) is 7.77. The Labute approximate surface area is 167 Å². The molecule has 28 heavy (non-hydrogen) atoms. The van der Waals surface area contributed by atoms with E-state index in [1.54, 1.807) is 24.4 Å². The number of nitriles is 2. The van der Waals surface area contributed by atoms with Gasteiger partial charge in [0.05, 0.1) is 18.4 Å². The molecule has 0 aliphatic carbocycles. The summed E-state index contributed by atoms with van der Waals surface area (Å²) in [5, 5.41) is 23.5. The summed E-state index contributed by atoms with van der Waals surface area (Å²) in [6.45, 7) is 0. The summed E-state index contributed by atoms with van der Waals surface area (Å²) in [6, 6.07) is 6.17. The van der Waals surface area contributed by atoms with Gasteiger partial charge in [-0.2, -0.15) is 10.5 Å². The van der Waals surface area contributed by atoms with E-state index in [0.29, 0.717) is 21.2 Å². The Hall–Kier alpha value is -3.83. The number of esters is 1. The number of halogens is 1. The molecule has 0 spiro atoms. The van der Waals surface area contributed by atoms with Crippen LogP contribution in [0.3, 0.4) is 0 Å². The minimum atomic E-state index is -0.699. The number of rotatable bonds is 2. The molecule has 1 atom stereocenters. The fourth-order valence-electron chi connectivity index (χ4n) is 2.80. The highest BCUT2D eigenvalue weighted by Crippen LogP contribution is 2.41. The second-order valence-corrected chi connectivity index (χ2v) is 6.49. The number of nitrogen functional groups attached to an aromatic ring is 2. The molecule has 1 aliphatic rings. The van der Waals surface area contributed by atoms with Crippen LogP contribution in [0.5, 0.6) is 0 Å². The molecular formula is C17H13BrN8O2. The zero-order valence-corrected chi connectivity index (χ0v) is 16.0. The zero-order chi connectivity index (χ0) is 20.4. The fourth-order valence-corrected chi connectivity index (χ4v) is 3.36. The van der Waals surface area contributed by atoms with Gasteiger partial charge in [-0.1, -0.05) is 6.07 Å². The van der Waals surface area contributed by atoms with Crippen LogP contribution in [0.2, 0.25) is 0 Å². The van der Waals surface area contributed by atoms with Crippen molar-refractivity contribution in [2.24, 2.45) is 4.99 Å². The van der Waals surface area contributed by atoms with Crippen LogP contribution in [0.4, 0.5) is 17.3 Å². The molecule has 0 amide bonds. The molecule has 10 nitrogen and oxygen atoms in total. The summed E-state index contributed by atoms with van der Waals surface area (Å²) in [6.07, 6.45) is 1.78. The van der Waals surface area contributed by atoms with Crippen LogP contribution < -0.4 is 22.1 Å². The van der Waals surface area contributed by atoms with Gasteiger partial charge in [0.2, 0.25) is 5.96 Å². The van der Waals surface area contributed by atoms with Crippen LogP contribution in [0, 0.1) is 22.8 Å². The molecule has 1 aromatic carbocycles. The Morgan fingerprint density at radius 2 is 2.14 bits per heavy atom. The number of hydrogen-bond acceptors (Lipinski definition) is 10. The third-order valence-electron chi connectivity index (χ3n) is 4.07. The van der Waals surface area contributed by atoms with Crippen LogP contribution >= 0.6 is 15.9 Å². The molecule has 0 saturated carbocycles. The van der Waals surface area contributed by atoms with Crippen LogP contribution in [0.25, 0.3) is 0 Å². The molecule has 0 radical (unpaired) electrons. The van der Waals surface area contributed by atoms with Crippen molar-refractivity contribution in [3.63, 3.8) is 0 Å². The van der Waals surface area contributed by atoms with E-state index in [1.807, 2.05) is 6.07 Å². The molecule has 1 aromatic heterocycles. The predicted octanol–water partition coefficient (Wildman–Crippen LogP) is 1.61. The number of anilines is 3. The lowest BCUT2D eigenvalue weighted by molar-refractivity contribution is 0.0599. The molecule has 0 fully saturated rings. The number of pyridine rings is 1. The molecule has 0 saturated heterocycles. The van der Waals surface area contributed by atoms with E-state index in [2.05, 4.69) is 36.5 Å². The number of aromatic nitrogens is 1. The fraction of sp³-hybridized carbons (Fsp3) is 0.118. The molecular weight excluding hydrogens is 428 g/mol. The van der Waals surface area contributed by atoms with Gasteiger partial charge in [-0.3, -0.25) is 5.32 Å². The Bertz CT molecular complexity index is 1100. The maximum absolute atomic E-state index is 11.8. The van der Waals surface area contributed by atoms with Gasteiger partial charge in [-0.15, -0.1) is 0 Å². The first kappa shape index (κ1) is 18.9. The third kappa shape index (κ3) is 3.15. The van der Waals surface area contributed by atoms with Crippen molar-refractivity contribution >= 4 is 45.2 Å². The summed E-state index contributed by atoms with van der Waals surface area (Å²) in [5.74, 6) is -0.116. The lowest BCUT2D eigenvalue weighted by Gasteiger charge is -2.26. The second-order valence-electron chi connectivity index (χ2n) is 5.63. The third-order valence-corrected chi connectivity index (χ3v) is 4.73. The molecule has 6 N–H and O–H groups in total. The van der Waals surface area contributed by atoms with Crippen LogP contribution in [-0.2, 0) is 4.74 Å². The number of fused-ring (bicyclic) bond motifs is 1. The average molecular weight is 441 g/mol. The zero-order valence-electron chi connectivity index (χ0n) is 14.4. The molecule has 140 valence electrons. The summed E-state index contributed by atoms with van der Waals surface area (Å²) in [5.41, 5.74) is 13.6. The number of guanidine groups is 1. The largest absolute Gasteiger partial charge is 0.465 e. The quantitative estimate of drug-likeness (QED) is 0.306. The Balaban J connectivity index is 2.20. The predicted molar refractivity (Wildman–Crippen MR) is 105 cm³/mol. The number of nitrogens with zero attached hydrogens (tertiary/aromatic N) is 4. The lowest BCUT2D eigenvalue weighted by atomic mass is 9.94. The highest BCUT2D eigenvalue weighted by Gasteiger charge is 2.30. The molecule has 1 unspecified atom stereocenters. The number of aliphatic imine (C=N–C) groups is 1. The van der Waals surface area contributed by atoms with E-state index >= 15 is 0 Å². The summed E-state index contributed by atoms with van der Waals surface area (Å²) >= 11 is 3.35. The van der Waals surface area contributed by atoms with E-state index in [0.717, 1.165) is 0 Å². The Morgan fingerprint density at radius 1 is 1.39 bits per heavy atom. The van der Waals surface area contributed by atoms with Gasteiger partial charge in [-0.05, 0) is 33.6 Å². The molecule has 0 bridgehead atoms. The second kappa shape index (κ2) is 7.42. The van der Waals surface area contributed by atoms with Crippen molar-refractivity contribution in [1.29, 1.82) is 10.5 Å². The van der Waals surface area contributed by atoms with Gasteiger partial charge in [0.15, 0.2) is 6.19 Å². The lowest BCUT2D eigenvalue weighted by Crippen LogP contribution is -2.32. The monoisotopic (exact) mass is 440 g/mol. The minimum Gasteiger partial charge on any atom is -0.465 e. The van der Waals surface area contributed by atoms with Gasteiger partial charge in [0.1, 0.15) is 29.3 Å². The number of carbonyl (C=O) groups is 1. The van der Waals surface area contributed by atoms with Crippen molar-refractivity contribution in [3.8, 4) is 12.3 Å². The van der Waals surface area contributed by atoms with Gasteiger partial charge in [0.25, 0.3) is 0 Å². The number of nitrogens with two attached hydrogens (primary N) is 2. The minimum absolute atomic E-state index is 0.0366. The van der Waals surface area contributed by atoms with E-state index in [4.69, 9.17) is 21.5 Å². The number of ether oxygens (including phenoxy) is 1. The maximum Gasteiger partial charge on any atom is 0.339 e. The maximum atomic E-state index is 11.8. The van der Waals surface area contributed by atoms with Gasteiger partial charge < -0.3 is 21.5 Å². The van der Waals surface area contributed by atoms with E-state index < -0.39 is 12.0 Å². The van der Waals surface area contributed by atoms with Gasteiger partial charge in [-0.25, -0.2) is 14.8 Å². The van der Waals surface area contributed by atoms with Gasteiger partial charge >= 0.3 is 5.97 Å². The van der Waals surface area contributed by atoms with Crippen molar-refractivity contribution in [3.05, 3.63) is 44.9 Å². The normalized spacial score (nSPS) is 14.6. The number of methoxy groups -OCH3 is 1. The first-order valence-corrected chi connectivity index (χ1v) is 8.57. The average Bonchev–Trinajstić information content (AvgIpc) is 2.67. The first-order chi connectivity index (χ1) is 13.4. The Kier molecular flexibility index (Phi) is 5.02. The smallest absolute Gasteiger partial charge is 0.339 e. The number of benzene rings is 1.